The molecule has 0 atom stereocenters. The van der Waals surface area contributed by atoms with Gasteiger partial charge in [0.25, 0.3) is 0 Å². The molecule has 0 aliphatic heterocycles. The van der Waals surface area contributed by atoms with Crippen molar-refractivity contribution in [2.75, 3.05) is 0 Å². The van der Waals surface area contributed by atoms with Crippen LogP contribution in [0, 0.1) is 5.41 Å². The van der Waals surface area contributed by atoms with Gasteiger partial charge < -0.3 is 5.73 Å². The molecule has 0 rings (SSSR count). The molecule has 1 heteroatoms. The van der Waals surface area contributed by atoms with Gasteiger partial charge in [-0.15, -0.1) is 26.3 Å². The Morgan fingerprint density at radius 3 is 1.50 bits per heavy atom. The lowest BCUT2D eigenvalue weighted by molar-refractivity contribution is 0.111. The molecule has 0 saturated heterocycles. The third-order valence-corrected chi connectivity index (χ3v) is 3.87. The molecule has 0 bridgehead atoms. The normalized spacial score (nSPS) is 11.9. The predicted molar refractivity (Wildman–Crippen MR) is 83.5 cm³/mol. The molecule has 0 aromatic heterocycles. The van der Waals surface area contributed by atoms with E-state index in [0.717, 1.165) is 38.5 Å². The summed E-state index contributed by atoms with van der Waals surface area (Å²) in [6, 6.07) is 0. The van der Waals surface area contributed by atoms with Crippen LogP contribution >= 0.6 is 0 Å². The van der Waals surface area contributed by atoms with Crippen LogP contribution in [0.3, 0.4) is 0 Å². The zero-order valence-electron chi connectivity index (χ0n) is 12.0. The minimum absolute atomic E-state index is 0.00757. The number of allylic oxidation sites excluding steroid dienone is 2. The quantitative estimate of drug-likeness (QED) is 0.523. The highest BCUT2D eigenvalue weighted by Crippen LogP contribution is 2.46. The molecule has 0 radical (unpaired) electrons. The Morgan fingerprint density at radius 1 is 0.833 bits per heavy atom. The average molecular weight is 247 g/mol. The maximum atomic E-state index is 6.72. The van der Waals surface area contributed by atoms with Crippen molar-refractivity contribution in [2.45, 2.75) is 51.0 Å². The van der Waals surface area contributed by atoms with Gasteiger partial charge in [-0.2, -0.15) is 0 Å². The molecule has 0 aliphatic carbocycles. The second kappa shape index (κ2) is 8.10. The summed E-state index contributed by atoms with van der Waals surface area (Å²) < 4.78 is 0. The van der Waals surface area contributed by atoms with E-state index in [-0.39, 0.29) is 11.0 Å². The van der Waals surface area contributed by atoms with Crippen LogP contribution in [0.5, 0.6) is 0 Å². The van der Waals surface area contributed by atoms with Crippen molar-refractivity contribution in [1.82, 2.24) is 0 Å². The molecule has 0 aromatic carbocycles. The van der Waals surface area contributed by atoms with Crippen LogP contribution in [0.15, 0.2) is 50.6 Å². The van der Waals surface area contributed by atoms with Crippen molar-refractivity contribution in [3.8, 4) is 0 Å². The third kappa shape index (κ3) is 3.71. The van der Waals surface area contributed by atoms with Gasteiger partial charge >= 0.3 is 0 Å². The van der Waals surface area contributed by atoms with Gasteiger partial charge in [0, 0.05) is 5.54 Å². The Kier molecular flexibility index (Phi) is 7.61. The number of hydrogen-bond donors (Lipinski definition) is 1. The summed E-state index contributed by atoms with van der Waals surface area (Å²) in [5, 5.41) is 0. The lowest BCUT2D eigenvalue weighted by Crippen LogP contribution is -2.54. The molecule has 0 saturated carbocycles. The molecule has 18 heavy (non-hydrogen) atoms. The summed E-state index contributed by atoms with van der Waals surface area (Å²) in [6.45, 7) is 17.7. The van der Waals surface area contributed by atoms with Gasteiger partial charge in [-0.05, 0) is 37.5 Å². The summed E-state index contributed by atoms with van der Waals surface area (Å²) in [5.41, 5.74) is 6.42. The van der Waals surface area contributed by atoms with Gasteiger partial charge in [0.2, 0.25) is 0 Å². The first-order chi connectivity index (χ1) is 8.55. The molecule has 0 unspecified atom stereocenters. The zero-order chi connectivity index (χ0) is 14.1. The average Bonchev–Trinajstić information content (AvgIpc) is 2.30. The van der Waals surface area contributed by atoms with Crippen molar-refractivity contribution >= 4 is 0 Å². The highest BCUT2D eigenvalue weighted by atomic mass is 14.8. The van der Waals surface area contributed by atoms with Gasteiger partial charge in [-0.1, -0.05) is 37.6 Å². The molecule has 1 nitrogen and oxygen atoms in total. The third-order valence-electron chi connectivity index (χ3n) is 3.87. The van der Waals surface area contributed by atoms with Crippen LogP contribution in [-0.4, -0.2) is 5.54 Å². The molecular formula is C17H29N. The van der Waals surface area contributed by atoms with Gasteiger partial charge in [0.15, 0.2) is 0 Å². The van der Waals surface area contributed by atoms with Gasteiger partial charge in [-0.25, -0.2) is 0 Å². The van der Waals surface area contributed by atoms with E-state index in [2.05, 4.69) is 33.2 Å². The Labute approximate surface area is 113 Å². The first-order valence-corrected chi connectivity index (χ1v) is 6.78. The SMILES string of the molecule is C=CCC(N)(CC=C)C(CC=C)(CC=C)CCC. The summed E-state index contributed by atoms with van der Waals surface area (Å²) >= 11 is 0. The first-order valence-electron chi connectivity index (χ1n) is 6.78. The summed E-state index contributed by atoms with van der Waals surface area (Å²) in [6.07, 6.45) is 13.4. The second-order valence-corrected chi connectivity index (χ2v) is 5.16. The van der Waals surface area contributed by atoms with E-state index < -0.39 is 0 Å². The van der Waals surface area contributed by atoms with Crippen molar-refractivity contribution < 1.29 is 0 Å². The van der Waals surface area contributed by atoms with Crippen LogP contribution in [0.1, 0.15) is 45.4 Å². The molecule has 0 fully saturated rings. The van der Waals surface area contributed by atoms with Crippen LogP contribution in [0.4, 0.5) is 0 Å². The lowest BCUT2D eigenvalue weighted by atomic mass is 9.60. The van der Waals surface area contributed by atoms with E-state index in [1.165, 1.54) is 0 Å². The molecular weight excluding hydrogens is 218 g/mol. The lowest BCUT2D eigenvalue weighted by Gasteiger charge is -2.48. The minimum Gasteiger partial charge on any atom is -0.324 e. The monoisotopic (exact) mass is 247 g/mol. The van der Waals surface area contributed by atoms with E-state index in [1.807, 2.05) is 24.3 Å². The Morgan fingerprint density at radius 2 is 1.22 bits per heavy atom. The van der Waals surface area contributed by atoms with Crippen molar-refractivity contribution in [3.63, 3.8) is 0 Å². The second-order valence-electron chi connectivity index (χ2n) is 5.16. The maximum absolute atomic E-state index is 6.72. The van der Waals surface area contributed by atoms with Crippen molar-refractivity contribution in [2.24, 2.45) is 11.1 Å². The van der Waals surface area contributed by atoms with Crippen LogP contribution < -0.4 is 5.73 Å². The predicted octanol–water partition coefficient (Wildman–Crippen LogP) is 4.77. The van der Waals surface area contributed by atoms with E-state index in [1.54, 1.807) is 0 Å². The fourth-order valence-electron chi connectivity index (χ4n) is 3.01. The van der Waals surface area contributed by atoms with E-state index in [4.69, 9.17) is 5.73 Å². The van der Waals surface area contributed by atoms with Crippen LogP contribution in [0.25, 0.3) is 0 Å². The molecule has 102 valence electrons. The molecule has 0 aromatic rings. The highest BCUT2D eigenvalue weighted by Gasteiger charge is 2.44. The van der Waals surface area contributed by atoms with Crippen molar-refractivity contribution in [3.05, 3.63) is 50.6 Å². The topological polar surface area (TPSA) is 26.0 Å². The van der Waals surface area contributed by atoms with Crippen molar-refractivity contribution in [1.29, 1.82) is 0 Å². The number of nitrogens with two attached hydrogens (primary N) is 1. The zero-order valence-corrected chi connectivity index (χ0v) is 12.0. The number of hydrogen-bond acceptors (Lipinski definition) is 1. The molecule has 0 heterocycles. The Hall–Kier alpha value is -1.08. The van der Waals surface area contributed by atoms with Gasteiger partial charge in [0.1, 0.15) is 0 Å². The minimum atomic E-state index is -0.311. The standard InChI is InChI=1S/C17H29N/c1-6-11-16(12-7-2,13-8-3)17(18,14-9-4)15-10-5/h6-7,9-10H,1-2,4-5,8,11-15,18H2,3H3. The number of rotatable bonds is 11. The smallest absolute Gasteiger partial charge is 0.0286 e. The van der Waals surface area contributed by atoms with Gasteiger partial charge in [0.05, 0.1) is 0 Å². The fraction of sp³-hybridized carbons (Fsp3) is 0.529. The highest BCUT2D eigenvalue weighted by molar-refractivity contribution is 5.11. The Bertz CT molecular complexity index is 268. The largest absolute Gasteiger partial charge is 0.324 e. The maximum Gasteiger partial charge on any atom is 0.0286 e. The molecule has 0 aliphatic rings. The first kappa shape index (κ1) is 16.9. The molecule has 2 N–H and O–H groups in total. The molecule has 0 amide bonds. The van der Waals surface area contributed by atoms with Crippen LogP contribution in [0.2, 0.25) is 0 Å². The van der Waals surface area contributed by atoms with E-state index in [9.17, 15) is 0 Å². The Balaban J connectivity index is 5.53. The summed E-state index contributed by atoms with van der Waals surface area (Å²) in [5.74, 6) is 0. The summed E-state index contributed by atoms with van der Waals surface area (Å²) in [7, 11) is 0. The molecule has 0 spiro atoms. The van der Waals surface area contributed by atoms with Crippen LogP contribution in [-0.2, 0) is 0 Å². The van der Waals surface area contributed by atoms with E-state index >= 15 is 0 Å². The van der Waals surface area contributed by atoms with Gasteiger partial charge in [-0.3, -0.25) is 0 Å². The fourth-order valence-corrected chi connectivity index (χ4v) is 3.01. The van der Waals surface area contributed by atoms with E-state index in [0.29, 0.717) is 0 Å². The summed E-state index contributed by atoms with van der Waals surface area (Å²) in [4.78, 5) is 0.